The van der Waals surface area contributed by atoms with Gasteiger partial charge in [-0.15, -0.1) is 0 Å². The van der Waals surface area contributed by atoms with E-state index in [2.05, 4.69) is 39.1 Å². The fraction of sp³-hybridized carbons (Fsp3) is 0.200. The fourth-order valence-electron chi connectivity index (χ4n) is 3.92. The van der Waals surface area contributed by atoms with E-state index in [1.54, 1.807) is 18.0 Å². The van der Waals surface area contributed by atoms with Crippen molar-refractivity contribution in [2.75, 3.05) is 14.2 Å². The van der Waals surface area contributed by atoms with Crippen LogP contribution < -0.4 is 4.74 Å². The zero-order chi connectivity index (χ0) is 22.8. The molecule has 0 bridgehead atoms. The summed E-state index contributed by atoms with van der Waals surface area (Å²) in [5.41, 5.74) is 6.47. The van der Waals surface area contributed by atoms with E-state index < -0.39 is 0 Å². The van der Waals surface area contributed by atoms with Gasteiger partial charge in [0.05, 0.1) is 30.7 Å². The van der Waals surface area contributed by atoms with Crippen molar-refractivity contribution in [1.29, 1.82) is 0 Å². The fourth-order valence-corrected chi connectivity index (χ4v) is 3.92. The summed E-state index contributed by atoms with van der Waals surface area (Å²) in [4.78, 5) is 19.7. The second-order valence-electron chi connectivity index (χ2n) is 8.08. The Morgan fingerprint density at radius 3 is 2.76 bits per heavy atom. The van der Waals surface area contributed by atoms with Gasteiger partial charge < -0.3 is 9.72 Å². The Morgan fingerprint density at radius 1 is 1.03 bits per heavy atom. The quantitative estimate of drug-likeness (QED) is 0.410. The van der Waals surface area contributed by atoms with Crippen molar-refractivity contribution in [3.63, 3.8) is 0 Å². The molecule has 0 aliphatic rings. The molecular formula is C25H25N7O. The Hall–Kier alpha value is -4.04. The molecule has 0 spiro atoms. The number of fused-ring (bicyclic) bond motifs is 1. The summed E-state index contributed by atoms with van der Waals surface area (Å²) in [5, 5.41) is 4.27. The molecule has 5 aromatic rings. The number of aromatic nitrogens is 6. The third-order valence-corrected chi connectivity index (χ3v) is 5.45. The van der Waals surface area contributed by atoms with Crippen molar-refractivity contribution in [3.8, 4) is 28.4 Å². The number of ether oxygens (including phenoxy) is 1. The van der Waals surface area contributed by atoms with Gasteiger partial charge in [0.15, 0.2) is 5.65 Å². The van der Waals surface area contributed by atoms with Crippen molar-refractivity contribution in [1.82, 2.24) is 34.4 Å². The van der Waals surface area contributed by atoms with Gasteiger partial charge in [-0.25, -0.2) is 14.5 Å². The molecule has 0 aliphatic carbocycles. The number of pyridine rings is 2. The number of nitrogens with zero attached hydrogens (tertiary/aromatic N) is 6. The van der Waals surface area contributed by atoms with Crippen molar-refractivity contribution < 1.29 is 4.74 Å². The molecule has 0 saturated carbocycles. The van der Waals surface area contributed by atoms with Crippen molar-refractivity contribution in [2.24, 2.45) is 0 Å². The molecule has 0 atom stereocenters. The molecule has 4 aromatic heterocycles. The molecule has 0 radical (unpaired) electrons. The third kappa shape index (κ3) is 4.47. The van der Waals surface area contributed by atoms with Gasteiger partial charge in [0.25, 0.3) is 0 Å². The molecule has 0 unspecified atom stereocenters. The summed E-state index contributed by atoms with van der Waals surface area (Å²) in [7, 11) is 3.76. The average Bonchev–Trinajstić information content (AvgIpc) is 3.45. The zero-order valence-electron chi connectivity index (χ0n) is 18.9. The van der Waals surface area contributed by atoms with Gasteiger partial charge >= 0.3 is 0 Å². The molecule has 1 N–H and O–H groups in total. The molecule has 166 valence electrons. The summed E-state index contributed by atoms with van der Waals surface area (Å²) in [6.45, 7) is 3.42. The van der Waals surface area contributed by atoms with E-state index in [0.29, 0.717) is 6.54 Å². The maximum absolute atomic E-state index is 5.35. The Bertz CT molecular complexity index is 1400. The monoisotopic (exact) mass is 439 g/mol. The summed E-state index contributed by atoms with van der Waals surface area (Å²) in [6, 6.07) is 18.1. The predicted octanol–water partition coefficient (Wildman–Crippen LogP) is 4.13. The highest BCUT2D eigenvalue weighted by atomic mass is 16.5. The Balaban J connectivity index is 1.48. The number of H-pyrrole nitrogens is 1. The first-order valence-electron chi connectivity index (χ1n) is 10.7. The van der Waals surface area contributed by atoms with E-state index >= 15 is 0 Å². The number of methoxy groups -OCH3 is 1. The third-order valence-electron chi connectivity index (χ3n) is 5.45. The minimum absolute atomic E-state index is 0.654. The van der Waals surface area contributed by atoms with E-state index in [0.717, 1.165) is 52.1 Å². The van der Waals surface area contributed by atoms with Crippen LogP contribution in [0.5, 0.6) is 5.75 Å². The molecule has 1 aromatic carbocycles. The van der Waals surface area contributed by atoms with Gasteiger partial charge in [-0.1, -0.05) is 18.2 Å². The minimum atomic E-state index is 0.654. The highest BCUT2D eigenvalue weighted by Gasteiger charge is 2.17. The maximum atomic E-state index is 5.35. The number of hydrogen-bond acceptors (Lipinski definition) is 6. The van der Waals surface area contributed by atoms with Gasteiger partial charge in [-0.05, 0) is 55.9 Å². The van der Waals surface area contributed by atoms with Gasteiger partial charge in [-0.2, -0.15) is 5.10 Å². The largest absolute Gasteiger partial charge is 0.497 e. The molecule has 0 fully saturated rings. The van der Waals surface area contributed by atoms with Crippen LogP contribution in [-0.4, -0.2) is 48.6 Å². The minimum Gasteiger partial charge on any atom is -0.497 e. The predicted molar refractivity (Wildman–Crippen MR) is 127 cm³/mol. The molecular weight excluding hydrogens is 414 g/mol. The number of nitrogens with one attached hydrogen (secondary N) is 1. The lowest BCUT2D eigenvalue weighted by molar-refractivity contribution is 0.311. The summed E-state index contributed by atoms with van der Waals surface area (Å²) in [5.74, 6) is 1.73. The number of aromatic amines is 1. The Kier molecular flexibility index (Phi) is 5.58. The van der Waals surface area contributed by atoms with Crippen LogP contribution in [0.3, 0.4) is 0 Å². The van der Waals surface area contributed by atoms with Crippen LogP contribution in [-0.2, 0) is 13.1 Å². The lowest BCUT2D eigenvalue weighted by atomic mass is 10.1. The number of benzene rings is 1. The highest BCUT2D eigenvalue weighted by molar-refractivity contribution is 5.77. The van der Waals surface area contributed by atoms with Crippen LogP contribution in [0, 0.1) is 6.92 Å². The molecule has 0 saturated heterocycles. The molecule has 0 aliphatic heterocycles. The van der Waals surface area contributed by atoms with Gasteiger partial charge in [0, 0.05) is 24.0 Å². The first-order valence-corrected chi connectivity index (χ1v) is 10.7. The number of hydrogen-bond donors (Lipinski definition) is 1. The maximum Gasteiger partial charge on any atom is 0.155 e. The highest BCUT2D eigenvalue weighted by Crippen LogP contribution is 2.30. The summed E-state index contributed by atoms with van der Waals surface area (Å²) >= 11 is 0. The van der Waals surface area contributed by atoms with Crippen molar-refractivity contribution in [2.45, 2.75) is 20.0 Å². The van der Waals surface area contributed by atoms with Crippen LogP contribution in [0.4, 0.5) is 0 Å². The molecule has 33 heavy (non-hydrogen) atoms. The Labute approximate surface area is 191 Å². The molecule has 8 nitrogen and oxygen atoms in total. The van der Waals surface area contributed by atoms with E-state index in [9.17, 15) is 0 Å². The summed E-state index contributed by atoms with van der Waals surface area (Å²) in [6.07, 6.45) is 3.49. The van der Waals surface area contributed by atoms with Crippen molar-refractivity contribution >= 4 is 5.65 Å². The van der Waals surface area contributed by atoms with Gasteiger partial charge in [-0.3, -0.25) is 9.88 Å². The van der Waals surface area contributed by atoms with Crippen LogP contribution in [0.1, 0.15) is 17.1 Å². The molecule has 0 amide bonds. The van der Waals surface area contributed by atoms with E-state index in [1.807, 2.05) is 55.6 Å². The van der Waals surface area contributed by atoms with Gasteiger partial charge in [0.1, 0.15) is 17.9 Å². The summed E-state index contributed by atoms with van der Waals surface area (Å²) < 4.78 is 7.11. The first-order chi connectivity index (χ1) is 16.1. The Morgan fingerprint density at radius 2 is 1.91 bits per heavy atom. The molecule has 5 rings (SSSR count). The number of imidazole rings is 1. The second-order valence-corrected chi connectivity index (χ2v) is 8.08. The average molecular weight is 440 g/mol. The van der Waals surface area contributed by atoms with E-state index in [-0.39, 0.29) is 0 Å². The number of aryl methyl sites for hydroxylation is 1. The van der Waals surface area contributed by atoms with E-state index in [4.69, 9.17) is 14.7 Å². The lowest BCUT2D eigenvalue weighted by Crippen LogP contribution is -2.18. The standard InChI is InChI=1S/C25H25N7O/c1-17-6-4-9-21(28-17)25-24(19-10-11-23-26-16-27-32(23)14-19)29-22(30-25)15-31(2)13-18-7-5-8-20(12-18)33-3/h4-12,14,16H,13,15H2,1-3H3,(H,29,30). The topological polar surface area (TPSA) is 84.2 Å². The SMILES string of the molecule is COc1cccc(CN(C)Cc2nc(-c3ccc4ncnn4c3)c(-c3cccc(C)n3)[nH]2)c1. The van der Waals surface area contributed by atoms with Gasteiger partial charge in [0.2, 0.25) is 0 Å². The molecule has 8 heteroatoms. The second kappa shape index (κ2) is 8.84. The smallest absolute Gasteiger partial charge is 0.155 e. The van der Waals surface area contributed by atoms with Crippen molar-refractivity contribution in [3.05, 3.63) is 84.2 Å². The van der Waals surface area contributed by atoms with Crippen LogP contribution in [0.2, 0.25) is 0 Å². The normalized spacial score (nSPS) is 11.4. The number of rotatable bonds is 7. The van der Waals surface area contributed by atoms with E-state index in [1.165, 1.54) is 5.56 Å². The van der Waals surface area contributed by atoms with Crippen LogP contribution >= 0.6 is 0 Å². The molecule has 4 heterocycles. The zero-order valence-corrected chi connectivity index (χ0v) is 18.9. The van der Waals surface area contributed by atoms with Crippen LogP contribution in [0.15, 0.2) is 67.1 Å². The van der Waals surface area contributed by atoms with Crippen LogP contribution in [0.25, 0.3) is 28.3 Å². The lowest BCUT2D eigenvalue weighted by Gasteiger charge is -2.15. The first kappa shape index (κ1) is 20.8.